The van der Waals surface area contributed by atoms with E-state index in [1.165, 1.54) is 35.4 Å². The number of alkyl halides is 3. The molecule has 1 aliphatic heterocycles. The molecule has 2 aromatic rings. The third kappa shape index (κ3) is 4.96. The lowest BCUT2D eigenvalue weighted by Crippen LogP contribution is -2.36. The minimum absolute atomic E-state index is 0.0406. The first-order chi connectivity index (χ1) is 16.0. The van der Waals surface area contributed by atoms with E-state index in [2.05, 4.69) is 10.3 Å². The van der Waals surface area contributed by atoms with E-state index in [4.69, 9.17) is 4.74 Å². The number of hydrogen-bond donors (Lipinski definition) is 1. The van der Waals surface area contributed by atoms with Crippen LogP contribution >= 0.6 is 11.8 Å². The van der Waals surface area contributed by atoms with Crippen molar-refractivity contribution < 1.29 is 32.3 Å². The first-order valence-electron chi connectivity index (χ1n) is 10.4. The van der Waals surface area contributed by atoms with Crippen LogP contribution in [0.2, 0.25) is 0 Å². The van der Waals surface area contributed by atoms with Gasteiger partial charge in [-0.1, -0.05) is 0 Å². The molecule has 2 heterocycles. The number of urea groups is 1. The maximum atomic E-state index is 13.2. The number of halogens is 3. The van der Waals surface area contributed by atoms with Gasteiger partial charge < -0.3 is 9.64 Å². The second-order valence-electron chi connectivity index (χ2n) is 8.21. The largest absolute Gasteiger partial charge is 0.447 e. The Labute approximate surface area is 197 Å². The monoisotopic (exact) mass is 494 g/mol. The number of thioether (sulfide) groups is 1. The van der Waals surface area contributed by atoms with Gasteiger partial charge in [-0.2, -0.15) is 13.2 Å². The van der Waals surface area contributed by atoms with Gasteiger partial charge in [0, 0.05) is 17.6 Å². The molecule has 0 unspecified atom stereocenters. The molecule has 2 fully saturated rings. The van der Waals surface area contributed by atoms with E-state index in [1.54, 1.807) is 26.0 Å². The molecule has 1 N–H and O–H groups in total. The molecule has 1 spiro atoms. The van der Waals surface area contributed by atoms with Crippen LogP contribution in [0, 0.1) is 0 Å². The summed E-state index contributed by atoms with van der Waals surface area (Å²) in [6, 6.07) is 7.82. The Bertz CT molecular complexity index is 1120. The summed E-state index contributed by atoms with van der Waals surface area (Å²) in [5, 5.41) is 2.52. The smallest absolute Gasteiger partial charge is 0.446 e. The van der Waals surface area contributed by atoms with Gasteiger partial charge in [-0.05, 0) is 80.4 Å². The molecule has 1 aromatic carbocycles. The molecule has 1 saturated carbocycles. The van der Waals surface area contributed by atoms with Crippen LogP contribution in [0.5, 0.6) is 0 Å². The van der Waals surface area contributed by atoms with E-state index in [0.29, 0.717) is 18.4 Å². The van der Waals surface area contributed by atoms with E-state index >= 15 is 0 Å². The Morgan fingerprint density at radius 1 is 1.21 bits per heavy atom. The second-order valence-corrected chi connectivity index (χ2v) is 9.35. The van der Waals surface area contributed by atoms with Crippen LogP contribution in [-0.2, 0) is 16.1 Å². The van der Waals surface area contributed by atoms with Gasteiger partial charge in [0.05, 0.1) is 11.8 Å². The van der Waals surface area contributed by atoms with Crippen LogP contribution in [0.25, 0.3) is 0 Å². The first-order valence-corrected chi connectivity index (χ1v) is 11.2. The number of rotatable bonds is 6. The number of nitrogens with zero attached hydrogens (tertiary/aromatic N) is 3. The molecule has 8 nitrogen and oxygen atoms in total. The standard InChI is InChI=1S/C22H21F3N4O4S/c1-13(2)33-19(31)27-17-11-14(7-10-26-17)12-28-20(32)29(18(30)21(28)8-9-21)15-3-5-16(6-4-15)34-22(23,24)25/h3-7,10-11,13H,8-9,12H2,1-2H3,(H,26,27,31). The minimum Gasteiger partial charge on any atom is -0.447 e. The average molecular weight is 494 g/mol. The number of hydrogen-bond acceptors (Lipinski definition) is 6. The number of aromatic nitrogens is 1. The molecule has 180 valence electrons. The quantitative estimate of drug-likeness (QED) is 0.441. The number of imide groups is 1. The van der Waals surface area contributed by atoms with Crippen LogP contribution in [0.4, 0.5) is 34.3 Å². The number of ether oxygens (including phenoxy) is 1. The fourth-order valence-electron chi connectivity index (χ4n) is 3.73. The molecule has 34 heavy (non-hydrogen) atoms. The lowest BCUT2D eigenvalue weighted by molar-refractivity contribution is -0.120. The SMILES string of the molecule is CC(C)OC(=O)Nc1cc(CN2C(=O)N(c3ccc(SC(F)(F)F)cc3)C(=O)C23CC3)ccn1. The van der Waals surface area contributed by atoms with Crippen molar-refractivity contribution in [3.05, 3.63) is 48.2 Å². The highest BCUT2D eigenvalue weighted by Crippen LogP contribution is 2.50. The van der Waals surface area contributed by atoms with E-state index in [-0.39, 0.29) is 40.8 Å². The van der Waals surface area contributed by atoms with Gasteiger partial charge in [-0.3, -0.25) is 10.1 Å². The van der Waals surface area contributed by atoms with E-state index in [1.807, 2.05) is 0 Å². The normalized spacial score (nSPS) is 17.0. The Kier molecular flexibility index (Phi) is 6.19. The number of benzene rings is 1. The number of carbonyl (C=O) groups excluding carboxylic acids is 3. The van der Waals surface area contributed by atoms with Crippen molar-refractivity contribution in [2.24, 2.45) is 0 Å². The van der Waals surface area contributed by atoms with E-state index in [0.717, 1.165) is 4.90 Å². The molecular weight excluding hydrogens is 473 g/mol. The van der Waals surface area contributed by atoms with Gasteiger partial charge >= 0.3 is 17.6 Å². The van der Waals surface area contributed by atoms with E-state index in [9.17, 15) is 27.6 Å². The summed E-state index contributed by atoms with van der Waals surface area (Å²) in [6.45, 7) is 3.52. The maximum Gasteiger partial charge on any atom is 0.446 e. The van der Waals surface area contributed by atoms with Gasteiger partial charge in [-0.25, -0.2) is 19.5 Å². The summed E-state index contributed by atoms with van der Waals surface area (Å²) in [6.07, 6.45) is 1.49. The Morgan fingerprint density at radius 2 is 1.88 bits per heavy atom. The molecule has 2 aliphatic rings. The molecule has 0 atom stereocenters. The van der Waals surface area contributed by atoms with Crippen LogP contribution in [0.3, 0.4) is 0 Å². The van der Waals surface area contributed by atoms with Crippen LogP contribution in [0.1, 0.15) is 32.3 Å². The van der Waals surface area contributed by atoms with Crippen molar-refractivity contribution in [1.82, 2.24) is 9.88 Å². The fraction of sp³-hybridized carbons (Fsp3) is 0.364. The number of pyridine rings is 1. The molecule has 1 aromatic heterocycles. The number of amides is 4. The zero-order chi connectivity index (χ0) is 24.7. The Balaban J connectivity index is 1.51. The summed E-state index contributed by atoms with van der Waals surface area (Å²) in [4.78, 5) is 44.7. The number of nitrogens with one attached hydrogen (secondary N) is 1. The summed E-state index contributed by atoms with van der Waals surface area (Å²) in [7, 11) is 0. The van der Waals surface area contributed by atoms with Crippen molar-refractivity contribution in [1.29, 1.82) is 0 Å². The molecular formula is C22H21F3N4O4S. The third-order valence-electron chi connectivity index (χ3n) is 5.33. The molecule has 1 saturated heterocycles. The van der Waals surface area contributed by atoms with Gasteiger partial charge in [0.2, 0.25) is 0 Å². The summed E-state index contributed by atoms with van der Waals surface area (Å²) in [5.41, 5.74) is -4.55. The van der Waals surface area contributed by atoms with Crippen LogP contribution in [-0.4, -0.2) is 45.1 Å². The molecule has 4 amide bonds. The topological polar surface area (TPSA) is 91.8 Å². The highest BCUT2D eigenvalue weighted by atomic mass is 32.2. The van der Waals surface area contributed by atoms with Gasteiger partial charge in [0.1, 0.15) is 11.4 Å². The predicted molar refractivity (Wildman–Crippen MR) is 118 cm³/mol. The highest BCUT2D eigenvalue weighted by Gasteiger charge is 2.65. The van der Waals surface area contributed by atoms with Gasteiger partial charge in [0.15, 0.2) is 0 Å². The van der Waals surface area contributed by atoms with E-state index < -0.39 is 29.1 Å². The van der Waals surface area contributed by atoms with Crippen LogP contribution < -0.4 is 10.2 Å². The number of carbonyl (C=O) groups is 3. The van der Waals surface area contributed by atoms with Gasteiger partial charge in [-0.15, -0.1) is 0 Å². The molecule has 12 heteroatoms. The predicted octanol–water partition coefficient (Wildman–Crippen LogP) is 5.15. The number of anilines is 2. The zero-order valence-electron chi connectivity index (χ0n) is 18.3. The minimum atomic E-state index is -4.43. The lowest BCUT2D eigenvalue weighted by Gasteiger charge is -2.21. The summed E-state index contributed by atoms with van der Waals surface area (Å²) >= 11 is -0.267. The summed E-state index contributed by atoms with van der Waals surface area (Å²) < 4.78 is 42.8. The highest BCUT2D eigenvalue weighted by molar-refractivity contribution is 8.00. The fourth-order valence-corrected chi connectivity index (χ4v) is 4.27. The molecule has 0 radical (unpaired) electrons. The van der Waals surface area contributed by atoms with Crippen molar-refractivity contribution >= 4 is 41.3 Å². The second kappa shape index (κ2) is 8.82. The van der Waals surface area contributed by atoms with Crippen molar-refractivity contribution in [3.8, 4) is 0 Å². The van der Waals surface area contributed by atoms with Gasteiger partial charge in [0.25, 0.3) is 5.91 Å². The molecule has 0 bridgehead atoms. The average Bonchev–Trinajstić information content (AvgIpc) is 3.50. The zero-order valence-corrected chi connectivity index (χ0v) is 19.1. The Morgan fingerprint density at radius 3 is 2.47 bits per heavy atom. The van der Waals surface area contributed by atoms with Crippen molar-refractivity contribution in [2.75, 3.05) is 10.2 Å². The van der Waals surface area contributed by atoms with Crippen molar-refractivity contribution in [2.45, 2.75) is 55.3 Å². The third-order valence-corrected chi connectivity index (χ3v) is 6.07. The molecule has 1 aliphatic carbocycles. The van der Waals surface area contributed by atoms with Crippen molar-refractivity contribution in [3.63, 3.8) is 0 Å². The summed E-state index contributed by atoms with van der Waals surface area (Å²) in [5.74, 6) is -0.165. The maximum absolute atomic E-state index is 13.2. The van der Waals surface area contributed by atoms with Crippen LogP contribution in [0.15, 0.2) is 47.5 Å². The molecule has 4 rings (SSSR count). The first kappa shape index (κ1) is 23.9. The lowest BCUT2D eigenvalue weighted by atomic mass is 10.2. The Hall–Kier alpha value is -3.28.